The van der Waals surface area contributed by atoms with E-state index in [4.69, 9.17) is 4.74 Å². The largest absolute Gasteiger partial charge is 0.462 e. The number of hydrogen-bond donors (Lipinski definition) is 2. The van der Waals surface area contributed by atoms with Crippen LogP contribution in [-0.2, 0) is 11.3 Å². The third-order valence-corrected chi connectivity index (χ3v) is 3.74. The quantitative estimate of drug-likeness (QED) is 0.612. The molecule has 27 heavy (non-hydrogen) atoms. The Balaban J connectivity index is 1.73. The predicted molar refractivity (Wildman–Crippen MR) is 101 cm³/mol. The van der Waals surface area contributed by atoms with E-state index in [0.717, 1.165) is 0 Å². The molecule has 0 aliphatic carbocycles. The molecule has 6 nitrogen and oxygen atoms in total. The van der Waals surface area contributed by atoms with Gasteiger partial charge in [-0.05, 0) is 31.2 Å². The summed E-state index contributed by atoms with van der Waals surface area (Å²) < 4.78 is 18.8. The van der Waals surface area contributed by atoms with Crippen molar-refractivity contribution < 1.29 is 13.9 Å². The van der Waals surface area contributed by atoms with Gasteiger partial charge >= 0.3 is 5.97 Å². The molecule has 0 aliphatic rings. The summed E-state index contributed by atoms with van der Waals surface area (Å²) in [7, 11) is 0. The van der Waals surface area contributed by atoms with E-state index in [0.29, 0.717) is 35.2 Å². The molecule has 0 saturated heterocycles. The molecule has 138 valence electrons. The zero-order valence-corrected chi connectivity index (χ0v) is 14.8. The molecule has 0 atom stereocenters. The second-order valence-corrected chi connectivity index (χ2v) is 5.60. The molecule has 2 N–H and O–H groups in total. The number of rotatable bonds is 7. The summed E-state index contributed by atoms with van der Waals surface area (Å²) in [5, 5.41) is 6.09. The van der Waals surface area contributed by atoms with Crippen LogP contribution >= 0.6 is 0 Å². The number of nitrogens with one attached hydrogen (secondary N) is 2. The summed E-state index contributed by atoms with van der Waals surface area (Å²) in [6.45, 7) is 2.31. The summed E-state index contributed by atoms with van der Waals surface area (Å²) in [5.74, 6) is 0.143. The fourth-order valence-corrected chi connectivity index (χ4v) is 2.45. The fraction of sp³-hybridized carbons (Fsp3) is 0.150. The third kappa shape index (κ3) is 4.78. The molecule has 1 heterocycles. The van der Waals surface area contributed by atoms with Crippen molar-refractivity contribution in [3.8, 4) is 0 Å². The molecule has 0 saturated carbocycles. The monoisotopic (exact) mass is 366 g/mol. The minimum absolute atomic E-state index is 0.259. The van der Waals surface area contributed by atoms with Crippen molar-refractivity contribution in [1.82, 2.24) is 9.97 Å². The third-order valence-electron chi connectivity index (χ3n) is 3.74. The first kappa shape index (κ1) is 18.3. The molecule has 0 unspecified atom stereocenters. The number of carbonyl (C=O) groups is 1. The number of halogens is 1. The number of ether oxygens (including phenoxy) is 1. The van der Waals surface area contributed by atoms with Gasteiger partial charge in [-0.1, -0.05) is 30.3 Å². The number of carbonyl (C=O) groups excluding carboxylic acids is 1. The summed E-state index contributed by atoms with van der Waals surface area (Å²) in [6, 6.07) is 15.2. The molecule has 0 spiro atoms. The van der Waals surface area contributed by atoms with Crippen LogP contribution in [0.15, 0.2) is 60.8 Å². The first-order chi connectivity index (χ1) is 13.2. The van der Waals surface area contributed by atoms with Gasteiger partial charge in [-0.2, -0.15) is 4.98 Å². The molecular formula is C20H19FN4O2. The van der Waals surface area contributed by atoms with Gasteiger partial charge in [0.05, 0.1) is 17.9 Å². The van der Waals surface area contributed by atoms with E-state index in [9.17, 15) is 9.18 Å². The van der Waals surface area contributed by atoms with Gasteiger partial charge in [0.25, 0.3) is 0 Å². The molecule has 0 radical (unpaired) electrons. The van der Waals surface area contributed by atoms with Crippen LogP contribution < -0.4 is 10.6 Å². The fourth-order valence-electron chi connectivity index (χ4n) is 2.45. The van der Waals surface area contributed by atoms with Gasteiger partial charge < -0.3 is 15.4 Å². The van der Waals surface area contributed by atoms with E-state index in [-0.39, 0.29) is 12.4 Å². The second kappa shape index (κ2) is 8.75. The Morgan fingerprint density at radius 3 is 2.70 bits per heavy atom. The van der Waals surface area contributed by atoms with E-state index in [2.05, 4.69) is 20.6 Å². The first-order valence-electron chi connectivity index (χ1n) is 8.51. The number of para-hydroxylation sites is 1. The molecule has 7 heteroatoms. The van der Waals surface area contributed by atoms with Crippen LogP contribution in [0.2, 0.25) is 0 Å². The maximum atomic E-state index is 13.7. The Labute approximate surface area is 156 Å². The van der Waals surface area contributed by atoms with E-state index in [1.807, 2.05) is 6.07 Å². The highest BCUT2D eigenvalue weighted by molar-refractivity contribution is 5.96. The Morgan fingerprint density at radius 1 is 1.11 bits per heavy atom. The number of nitrogens with zero attached hydrogens (tertiary/aromatic N) is 2. The summed E-state index contributed by atoms with van der Waals surface area (Å²) in [6.07, 6.45) is 1.58. The van der Waals surface area contributed by atoms with Crippen LogP contribution in [-0.4, -0.2) is 22.5 Å². The molecular weight excluding hydrogens is 347 g/mol. The number of aromatic nitrogens is 2. The minimum atomic E-state index is -0.410. The van der Waals surface area contributed by atoms with Crippen molar-refractivity contribution in [3.63, 3.8) is 0 Å². The average molecular weight is 366 g/mol. The second-order valence-electron chi connectivity index (χ2n) is 5.60. The summed E-state index contributed by atoms with van der Waals surface area (Å²) in [4.78, 5) is 20.6. The lowest BCUT2D eigenvalue weighted by molar-refractivity contribution is 0.0527. The van der Waals surface area contributed by atoms with Gasteiger partial charge in [-0.15, -0.1) is 0 Å². The zero-order chi connectivity index (χ0) is 19.1. The molecule has 0 aliphatic heterocycles. The van der Waals surface area contributed by atoms with Gasteiger partial charge in [0.2, 0.25) is 5.95 Å². The number of hydrogen-bond acceptors (Lipinski definition) is 6. The topological polar surface area (TPSA) is 76.1 Å². The Bertz CT molecular complexity index is 933. The van der Waals surface area contributed by atoms with Crippen molar-refractivity contribution in [3.05, 3.63) is 77.7 Å². The van der Waals surface area contributed by atoms with Gasteiger partial charge in [0.1, 0.15) is 11.6 Å². The van der Waals surface area contributed by atoms with E-state index < -0.39 is 5.97 Å². The van der Waals surface area contributed by atoms with Crippen LogP contribution in [0.5, 0.6) is 0 Å². The Hall–Kier alpha value is -3.48. The highest BCUT2D eigenvalue weighted by Gasteiger charge is 2.12. The van der Waals surface area contributed by atoms with Crippen molar-refractivity contribution in [2.75, 3.05) is 17.2 Å². The SMILES string of the molecule is CCOC(=O)c1ccccc1Nc1ccnc(NCc2ccccc2F)n1. The van der Waals surface area contributed by atoms with Crippen LogP contribution in [0.1, 0.15) is 22.8 Å². The number of anilines is 3. The lowest BCUT2D eigenvalue weighted by atomic mass is 10.2. The Morgan fingerprint density at radius 2 is 1.89 bits per heavy atom. The Kier molecular flexibility index (Phi) is 5.94. The van der Waals surface area contributed by atoms with Crippen molar-refractivity contribution in [1.29, 1.82) is 0 Å². The van der Waals surface area contributed by atoms with Gasteiger partial charge in [0, 0.05) is 18.3 Å². The van der Waals surface area contributed by atoms with Crippen molar-refractivity contribution >= 4 is 23.4 Å². The summed E-state index contributed by atoms with van der Waals surface area (Å²) >= 11 is 0. The normalized spacial score (nSPS) is 10.3. The van der Waals surface area contributed by atoms with E-state index >= 15 is 0 Å². The number of esters is 1. The molecule has 0 amide bonds. The zero-order valence-electron chi connectivity index (χ0n) is 14.8. The van der Waals surface area contributed by atoms with Gasteiger partial charge in [-0.25, -0.2) is 14.2 Å². The van der Waals surface area contributed by atoms with E-state index in [1.165, 1.54) is 6.07 Å². The molecule has 1 aromatic heterocycles. The van der Waals surface area contributed by atoms with E-state index in [1.54, 1.807) is 55.6 Å². The molecule has 3 rings (SSSR count). The van der Waals surface area contributed by atoms with Crippen LogP contribution in [0.3, 0.4) is 0 Å². The molecule has 3 aromatic rings. The molecule has 0 bridgehead atoms. The van der Waals surface area contributed by atoms with Crippen LogP contribution in [0.25, 0.3) is 0 Å². The van der Waals surface area contributed by atoms with Gasteiger partial charge in [0.15, 0.2) is 0 Å². The van der Waals surface area contributed by atoms with Gasteiger partial charge in [-0.3, -0.25) is 0 Å². The maximum absolute atomic E-state index is 13.7. The van der Waals surface area contributed by atoms with Crippen molar-refractivity contribution in [2.45, 2.75) is 13.5 Å². The molecule has 0 fully saturated rings. The maximum Gasteiger partial charge on any atom is 0.340 e. The highest BCUT2D eigenvalue weighted by atomic mass is 19.1. The summed E-state index contributed by atoms with van der Waals surface area (Å²) in [5.41, 5.74) is 1.51. The lowest BCUT2D eigenvalue weighted by Crippen LogP contribution is -2.09. The number of benzene rings is 2. The average Bonchev–Trinajstić information content (AvgIpc) is 2.68. The lowest BCUT2D eigenvalue weighted by Gasteiger charge is -2.12. The predicted octanol–water partition coefficient (Wildman–Crippen LogP) is 4.15. The first-order valence-corrected chi connectivity index (χ1v) is 8.51. The molecule has 2 aromatic carbocycles. The standard InChI is InChI=1S/C20H19FN4O2/c1-2-27-19(26)15-8-4-6-10-17(15)24-18-11-12-22-20(25-18)23-13-14-7-3-5-9-16(14)21/h3-12H,2,13H2,1H3,(H2,22,23,24,25). The minimum Gasteiger partial charge on any atom is -0.462 e. The smallest absolute Gasteiger partial charge is 0.340 e. The van der Waals surface area contributed by atoms with Crippen LogP contribution in [0.4, 0.5) is 21.8 Å². The van der Waals surface area contributed by atoms with Crippen LogP contribution in [0, 0.1) is 5.82 Å². The highest BCUT2D eigenvalue weighted by Crippen LogP contribution is 2.21. The van der Waals surface area contributed by atoms with Crippen molar-refractivity contribution in [2.24, 2.45) is 0 Å².